The maximum absolute atomic E-state index is 13.6. The number of carbonyl (C=O) groups is 2. The lowest BCUT2D eigenvalue weighted by molar-refractivity contribution is -0.127. The molecule has 42 heavy (non-hydrogen) atoms. The Balaban J connectivity index is 1.52. The Hall–Kier alpha value is -3.84. The monoisotopic (exact) mass is 570 g/mol. The van der Waals surface area contributed by atoms with Crippen molar-refractivity contribution < 1.29 is 14.7 Å². The molecular weight excluding hydrogens is 524 g/mol. The lowest BCUT2D eigenvalue weighted by atomic mass is 9.74. The van der Waals surface area contributed by atoms with E-state index in [0.717, 1.165) is 53.7 Å². The molecule has 1 aliphatic rings. The average Bonchev–Trinajstić information content (AvgIpc) is 3.03. The van der Waals surface area contributed by atoms with Crippen LogP contribution in [-0.2, 0) is 11.3 Å². The van der Waals surface area contributed by atoms with E-state index >= 15 is 0 Å². The van der Waals surface area contributed by atoms with Gasteiger partial charge >= 0.3 is 6.03 Å². The fraction of sp³-hybridized carbons (Fsp3) is 0.429. The summed E-state index contributed by atoms with van der Waals surface area (Å²) in [6.45, 7) is 5.62. The van der Waals surface area contributed by atoms with Crippen LogP contribution in [0.4, 0.5) is 16.2 Å². The fourth-order valence-electron chi connectivity index (χ4n) is 5.96. The molecule has 3 atom stereocenters. The van der Waals surface area contributed by atoms with Crippen LogP contribution < -0.4 is 15.1 Å². The van der Waals surface area contributed by atoms with E-state index in [9.17, 15) is 14.7 Å². The molecule has 224 valence electrons. The lowest BCUT2D eigenvalue weighted by Gasteiger charge is -2.32. The second kappa shape index (κ2) is 14.9. The number of benzene rings is 3. The molecule has 0 aromatic heterocycles. The number of nitrogens with one attached hydrogen (secondary N) is 1. The molecular formula is C35H46N4O3. The molecule has 0 radical (unpaired) electrons. The highest BCUT2D eigenvalue weighted by Gasteiger charge is 2.33. The van der Waals surface area contributed by atoms with Gasteiger partial charge in [0.2, 0.25) is 5.91 Å². The van der Waals surface area contributed by atoms with Crippen LogP contribution in [0.5, 0.6) is 0 Å². The fourth-order valence-corrected chi connectivity index (χ4v) is 5.96. The van der Waals surface area contributed by atoms with Crippen LogP contribution >= 0.6 is 0 Å². The minimum Gasteiger partial charge on any atom is -0.394 e. The van der Waals surface area contributed by atoms with Crippen molar-refractivity contribution in [1.29, 1.82) is 0 Å². The van der Waals surface area contributed by atoms with E-state index in [2.05, 4.69) is 29.6 Å². The third-order valence-electron chi connectivity index (χ3n) is 8.49. The number of rotatable bonds is 11. The maximum Gasteiger partial charge on any atom is 0.324 e. The number of aliphatic hydroxyl groups excluding tert-OH is 1. The third-order valence-corrected chi connectivity index (χ3v) is 8.49. The molecule has 3 aromatic carbocycles. The molecule has 4 rings (SSSR count). The Labute approximate surface area is 251 Å². The molecule has 3 aromatic rings. The quantitative estimate of drug-likeness (QED) is 0.282. The second-order valence-electron chi connectivity index (χ2n) is 11.3. The highest BCUT2D eigenvalue weighted by atomic mass is 16.3. The Morgan fingerprint density at radius 1 is 0.857 bits per heavy atom. The molecule has 3 amide bonds. The molecule has 0 aliphatic heterocycles. The number of hydrogen-bond acceptors (Lipinski definition) is 4. The van der Waals surface area contributed by atoms with Gasteiger partial charge in [0.25, 0.3) is 0 Å². The zero-order valence-electron chi connectivity index (χ0n) is 25.5. The SMILES string of the molecule is CCN(CC)C(=O)N(Cc1ccc(C2CCCCC2C(=O)NC(CO)c2ccccc2)cc1)c1ccc(N(C)C)cc1. The number of anilines is 2. The Morgan fingerprint density at radius 3 is 2.07 bits per heavy atom. The van der Waals surface area contributed by atoms with E-state index in [4.69, 9.17) is 0 Å². The number of amides is 3. The van der Waals surface area contributed by atoms with Crippen molar-refractivity contribution in [2.24, 2.45) is 5.92 Å². The Morgan fingerprint density at radius 2 is 1.48 bits per heavy atom. The van der Waals surface area contributed by atoms with Gasteiger partial charge in [-0.25, -0.2) is 4.79 Å². The molecule has 0 heterocycles. The van der Waals surface area contributed by atoms with Gasteiger partial charge in [-0.15, -0.1) is 0 Å². The predicted octanol–water partition coefficient (Wildman–Crippen LogP) is 6.34. The highest BCUT2D eigenvalue weighted by molar-refractivity contribution is 5.92. The van der Waals surface area contributed by atoms with Crippen LogP contribution in [0.1, 0.15) is 68.2 Å². The summed E-state index contributed by atoms with van der Waals surface area (Å²) < 4.78 is 0. The number of hydrogen-bond donors (Lipinski definition) is 2. The minimum absolute atomic E-state index is 0.00356. The average molecular weight is 571 g/mol. The maximum atomic E-state index is 13.6. The molecule has 0 spiro atoms. The number of aliphatic hydroxyl groups is 1. The van der Waals surface area contributed by atoms with Crippen molar-refractivity contribution in [3.63, 3.8) is 0 Å². The van der Waals surface area contributed by atoms with Crippen LogP contribution in [-0.4, -0.2) is 55.7 Å². The lowest BCUT2D eigenvalue weighted by Crippen LogP contribution is -2.43. The van der Waals surface area contributed by atoms with Gasteiger partial charge in [0.15, 0.2) is 0 Å². The summed E-state index contributed by atoms with van der Waals surface area (Å²) in [6, 6.07) is 25.7. The minimum atomic E-state index is -0.412. The molecule has 1 aliphatic carbocycles. The van der Waals surface area contributed by atoms with Crippen molar-refractivity contribution in [1.82, 2.24) is 10.2 Å². The molecule has 0 bridgehead atoms. The van der Waals surface area contributed by atoms with Gasteiger partial charge in [-0.2, -0.15) is 0 Å². The van der Waals surface area contributed by atoms with Crippen LogP contribution in [0.2, 0.25) is 0 Å². The largest absolute Gasteiger partial charge is 0.394 e. The van der Waals surface area contributed by atoms with Crippen molar-refractivity contribution in [3.05, 3.63) is 95.6 Å². The highest BCUT2D eigenvalue weighted by Crippen LogP contribution is 2.38. The van der Waals surface area contributed by atoms with Crippen LogP contribution in [0.15, 0.2) is 78.9 Å². The topological polar surface area (TPSA) is 76.1 Å². The molecule has 3 unspecified atom stereocenters. The van der Waals surface area contributed by atoms with E-state index < -0.39 is 6.04 Å². The summed E-state index contributed by atoms with van der Waals surface area (Å²) in [5, 5.41) is 13.1. The smallest absolute Gasteiger partial charge is 0.324 e. The predicted molar refractivity (Wildman–Crippen MR) is 171 cm³/mol. The summed E-state index contributed by atoms with van der Waals surface area (Å²) in [6.07, 6.45) is 3.90. The van der Waals surface area contributed by atoms with E-state index in [1.807, 2.05) is 97.2 Å². The van der Waals surface area contributed by atoms with Crippen molar-refractivity contribution in [3.8, 4) is 0 Å². The Kier molecular flexibility index (Phi) is 11.0. The van der Waals surface area contributed by atoms with Gasteiger partial charge in [0.05, 0.1) is 19.2 Å². The van der Waals surface area contributed by atoms with E-state index in [1.54, 1.807) is 0 Å². The molecule has 7 nitrogen and oxygen atoms in total. The number of nitrogens with zero attached hydrogens (tertiary/aromatic N) is 3. The second-order valence-corrected chi connectivity index (χ2v) is 11.3. The zero-order valence-corrected chi connectivity index (χ0v) is 25.5. The van der Waals surface area contributed by atoms with E-state index in [0.29, 0.717) is 19.6 Å². The first-order valence-corrected chi connectivity index (χ1v) is 15.2. The van der Waals surface area contributed by atoms with Gasteiger partial charge in [-0.05, 0) is 73.6 Å². The molecule has 2 N–H and O–H groups in total. The third kappa shape index (κ3) is 7.51. The van der Waals surface area contributed by atoms with Gasteiger partial charge in [0, 0.05) is 44.5 Å². The van der Waals surface area contributed by atoms with Crippen LogP contribution in [0, 0.1) is 5.92 Å². The molecule has 1 fully saturated rings. The van der Waals surface area contributed by atoms with Crippen molar-refractivity contribution in [2.75, 3.05) is 43.6 Å². The van der Waals surface area contributed by atoms with Gasteiger partial charge in [-0.3, -0.25) is 9.69 Å². The first kappa shape index (κ1) is 31.1. The number of carbonyl (C=O) groups excluding carboxylic acids is 2. The van der Waals surface area contributed by atoms with Crippen LogP contribution in [0.3, 0.4) is 0 Å². The summed E-state index contributed by atoms with van der Waals surface area (Å²) >= 11 is 0. The Bertz CT molecular complexity index is 1270. The summed E-state index contributed by atoms with van der Waals surface area (Å²) in [4.78, 5) is 32.8. The van der Waals surface area contributed by atoms with Gasteiger partial charge < -0.3 is 20.2 Å². The van der Waals surface area contributed by atoms with E-state index in [1.165, 1.54) is 0 Å². The first-order valence-electron chi connectivity index (χ1n) is 15.2. The summed E-state index contributed by atoms with van der Waals surface area (Å²) in [5.41, 5.74) is 5.04. The molecule has 1 saturated carbocycles. The van der Waals surface area contributed by atoms with Crippen molar-refractivity contribution in [2.45, 2.75) is 58.0 Å². The van der Waals surface area contributed by atoms with Crippen LogP contribution in [0.25, 0.3) is 0 Å². The zero-order chi connectivity index (χ0) is 30.1. The molecule has 0 saturated heterocycles. The normalized spacial score (nSPS) is 17.3. The first-order chi connectivity index (χ1) is 20.4. The van der Waals surface area contributed by atoms with Gasteiger partial charge in [0.1, 0.15) is 0 Å². The van der Waals surface area contributed by atoms with Crippen molar-refractivity contribution >= 4 is 23.3 Å². The molecule has 7 heteroatoms. The summed E-state index contributed by atoms with van der Waals surface area (Å²) in [7, 11) is 4.01. The standard InChI is InChI=1S/C35H46N4O3/c1-5-38(6-2)35(42)39(30-22-20-29(21-23-30)37(3)4)24-26-16-18-27(19-17-26)31-14-10-11-15-32(31)34(41)36-33(25-40)28-12-8-7-9-13-28/h7-9,12-13,16-23,31-33,40H,5-6,10-11,14-15,24-25H2,1-4H3,(H,36,41). The van der Waals surface area contributed by atoms with Gasteiger partial charge in [-0.1, -0.05) is 67.4 Å². The van der Waals surface area contributed by atoms with E-state index in [-0.39, 0.29) is 30.4 Å². The summed E-state index contributed by atoms with van der Waals surface area (Å²) in [5.74, 6) is -0.0166. The number of urea groups is 1.